The summed E-state index contributed by atoms with van der Waals surface area (Å²) in [4.78, 5) is 5.44. The highest BCUT2D eigenvalue weighted by Gasteiger charge is 2.15. The highest BCUT2D eigenvalue weighted by molar-refractivity contribution is 7.09. The first-order chi connectivity index (χ1) is 12.1. The SMILES string of the molecule is CCOc1cccc(CN=C(N)NCCc2cccs2)c1OC(F)F. The zero-order valence-electron chi connectivity index (χ0n) is 13.9. The first-order valence-electron chi connectivity index (χ1n) is 7.85. The molecule has 0 amide bonds. The lowest BCUT2D eigenvalue weighted by atomic mass is 10.2. The number of aliphatic imine (C=N–C) groups is 1. The van der Waals surface area contributed by atoms with Gasteiger partial charge in [0.15, 0.2) is 17.5 Å². The summed E-state index contributed by atoms with van der Waals surface area (Å²) >= 11 is 1.68. The lowest BCUT2D eigenvalue weighted by molar-refractivity contribution is -0.0520. The second kappa shape index (κ2) is 9.83. The van der Waals surface area contributed by atoms with Crippen LogP contribution in [0.15, 0.2) is 40.7 Å². The fraction of sp³-hybridized carbons (Fsp3) is 0.353. The molecule has 25 heavy (non-hydrogen) atoms. The molecule has 0 aliphatic rings. The van der Waals surface area contributed by atoms with Crippen LogP contribution in [0.1, 0.15) is 17.4 Å². The van der Waals surface area contributed by atoms with Crippen molar-refractivity contribution in [3.63, 3.8) is 0 Å². The van der Waals surface area contributed by atoms with E-state index >= 15 is 0 Å². The summed E-state index contributed by atoms with van der Waals surface area (Å²) < 4.78 is 35.3. The van der Waals surface area contributed by atoms with E-state index in [4.69, 9.17) is 10.5 Å². The normalized spacial score (nSPS) is 11.6. The molecule has 0 atom stereocenters. The van der Waals surface area contributed by atoms with E-state index in [1.54, 1.807) is 36.5 Å². The number of para-hydroxylation sites is 1. The fourth-order valence-electron chi connectivity index (χ4n) is 2.17. The standard InChI is InChI=1S/C17H21F2N3O2S/c1-2-23-14-7-3-5-12(15(14)24-16(18)19)11-22-17(20)21-9-8-13-6-4-10-25-13/h3-7,10,16H,2,8-9,11H2,1H3,(H3,20,21,22). The third-order valence-electron chi connectivity index (χ3n) is 3.24. The van der Waals surface area contributed by atoms with Gasteiger partial charge in [-0.3, -0.25) is 0 Å². The maximum absolute atomic E-state index is 12.7. The Morgan fingerprint density at radius 2 is 2.16 bits per heavy atom. The number of halogens is 2. The Kier molecular flexibility index (Phi) is 7.46. The zero-order valence-corrected chi connectivity index (χ0v) is 14.7. The van der Waals surface area contributed by atoms with Crippen LogP contribution in [0.4, 0.5) is 8.78 Å². The molecule has 3 N–H and O–H groups in total. The van der Waals surface area contributed by atoms with Crippen molar-refractivity contribution in [3.8, 4) is 11.5 Å². The van der Waals surface area contributed by atoms with Crippen LogP contribution in [0.3, 0.4) is 0 Å². The molecule has 8 heteroatoms. The van der Waals surface area contributed by atoms with Crippen LogP contribution in [0.5, 0.6) is 11.5 Å². The Morgan fingerprint density at radius 1 is 1.32 bits per heavy atom. The molecule has 0 saturated carbocycles. The van der Waals surface area contributed by atoms with Crippen molar-refractivity contribution >= 4 is 17.3 Å². The van der Waals surface area contributed by atoms with E-state index in [-0.39, 0.29) is 24.0 Å². The van der Waals surface area contributed by atoms with Gasteiger partial charge in [0.25, 0.3) is 0 Å². The van der Waals surface area contributed by atoms with Gasteiger partial charge in [-0.1, -0.05) is 18.2 Å². The number of benzene rings is 1. The lowest BCUT2D eigenvalue weighted by Crippen LogP contribution is -2.33. The van der Waals surface area contributed by atoms with Gasteiger partial charge in [0, 0.05) is 17.0 Å². The number of nitrogens with one attached hydrogen (secondary N) is 1. The summed E-state index contributed by atoms with van der Waals surface area (Å²) in [5.41, 5.74) is 6.31. The number of alkyl halides is 2. The molecular weight excluding hydrogens is 348 g/mol. The van der Waals surface area contributed by atoms with Crippen molar-refractivity contribution in [1.82, 2.24) is 5.32 Å². The minimum absolute atomic E-state index is 0.00511. The molecule has 0 aliphatic carbocycles. The Labute approximate surface area is 149 Å². The highest BCUT2D eigenvalue weighted by Crippen LogP contribution is 2.33. The number of guanidine groups is 1. The van der Waals surface area contributed by atoms with Gasteiger partial charge in [-0.25, -0.2) is 4.99 Å². The van der Waals surface area contributed by atoms with Crippen LogP contribution in [-0.4, -0.2) is 25.7 Å². The summed E-state index contributed by atoms with van der Waals surface area (Å²) in [5, 5.41) is 5.02. The fourth-order valence-corrected chi connectivity index (χ4v) is 2.88. The van der Waals surface area contributed by atoms with Gasteiger partial charge >= 0.3 is 6.61 Å². The molecule has 0 saturated heterocycles. The number of nitrogens with two attached hydrogens (primary N) is 1. The van der Waals surface area contributed by atoms with E-state index in [2.05, 4.69) is 15.0 Å². The minimum atomic E-state index is -2.94. The molecule has 1 aromatic carbocycles. The monoisotopic (exact) mass is 369 g/mol. The van der Waals surface area contributed by atoms with Gasteiger partial charge < -0.3 is 20.5 Å². The van der Waals surface area contributed by atoms with Crippen molar-refractivity contribution < 1.29 is 18.3 Å². The van der Waals surface area contributed by atoms with Crippen molar-refractivity contribution in [2.45, 2.75) is 26.5 Å². The smallest absolute Gasteiger partial charge is 0.387 e. The molecule has 0 fully saturated rings. The molecule has 0 spiro atoms. The Bertz CT molecular complexity index is 679. The first kappa shape index (κ1) is 19.0. The molecule has 5 nitrogen and oxygen atoms in total. The molecule has 2 aromatic rings. The Hall–Kier alpha value is -2.35. The van der Waals surface area contributed by atoms with E-state index in [0.29, 0.717) is 18.7 Å². The molecule has 1 aromatic heterocycles. The molecule has 1 heterocycles. The van der Waals surface area contributed by atoms with Crippen LogP contribution < -0.4 is 20.5 Å². The summed E-state index contributed by atoms with van der Waals surface area (Å²) in [6.45, 7) is -0.0630. The van der Waals surface area contributed by atoms with Crippen molar-refractivity contribution in [3.05, 3.63) is 46.2 Å². The second-order valence-electron chi connectivity index (χ2n) is 5.01. The van der Waals surface area contributed by atoms with E-state index in [1.807, 2.05) is 17.5 Å². The topological polar surface area (TPSA) is 68.9 Å². The number of rotatable bonds is 9. The van der Waals surface area contributed by atoms with Crippen molar-refractivity contribution in [1.29, 1.82) is 0 Å². The van der Waals surface area contributed by atoms with Gasteiger partial charge in [0.1, 0.15) is 0 Å². The van der Waals surface area contributed by atoms with E-state index in [0.717, 1.165) is 6.42 Å². The number of thiophene rings is 1. The summed E-state index contributed by atoms with van der Waals surface area (Å²) in [6.07, 6.45) is 0.841. The lowest BCUT2D eigenvalue weighted by Gasteiger charge is -2.14. The second-order valence-corrected chi connectivity index (χ2v) is 6.05. The van der Waals surface area contributed by atoms with E-state index < -0.39 is 6.61 Å². The van der Waals surface area contributed by atoms with Gasteiger partial charge in [-0.15, -0.1) is 11.3 Å². The van der Waals surface area contributed by atoms with Gasteiger partial charge in [0.2, 0.25) is 0 Å². The highest BCUT2D eigenvalue weighted by atomic mass is 32.1. The third-order valence-corrected chi connectivity index (χ3v) is 4.18. The van der Waals surface area contributed by atoms with Crippen LogP contribution >= 0.6 is 11.3 Å². The van der Waals surface area contributed by atoms with E-state index in [1.165, 1.54) is 4.88 Å². The summed E-state index contributed by atoms with van der Waals surface area (Å²) in [6, 6.07) is 8.98. The molecule has 0 aliphatic heterocycles. The van der Waals surface area contributed by atoms with Gasteiger partial charge in [-0.05, 0) is 30.9 Å². The number of hydrogen-bond acceptors (Lipinski definition) is 4. The van der Waals surface area contributed by atoms with Crippen LogP contribution in [0, 0.1) is 0 Å². The number of nitrogens with zero attached hydrogens (tertiary/aromatic N) is 1. The quantitative estimate of drug-likeness (QED) is 0.525. The van der Waals surface area contributed by atoms with Gasteiger partial charge in [-0.2, -0.15) is 8.78 Å². The Balaban J connectivity index is 1.98. The summed E-state index contributed by atoms with van der Waals surface area (Å²) in [5.74, 6) is 0.510. The van der Waals surface area contributed by atoms with Crippen molar-refractivity contribution in [2.75, 3.05) is 13.2 Å². The third kappa shape index (κ3) is 6.22. The van der Waals surface area contributed by atoms with Crippen LogP contribution in [-0.2, 0) is 13.0 Å². The average molecular weight is 369 g/mol. The molecule has 0 radical (unpaired) electrons. The predicted octanol–water partition coefficient (Wildman–Crippen LogP) is 3.40. The van der Waals surface area contributed by atoms with E-state index in [9.17, 15) is 8.78 Å². The minimum Gasteiger partial charge on any atom is -0.490 e. The molecule has 0 bridgehead atoms. The van der Waals surface area contributed by atoms with Crippen LogP contribution in [0.2, 0.25) is 0 Å². The number of hydrogen-bond donors (Lipinski definition) is 2. The average Bonchev–Trinajstić information content (AvgIpc) is 3.08. The molecular formula is C17H21F2N3O2S. The van der Waals surface area contributed by atoms with Crippen LogP contribution in [0.25, 0.3) is 0 Å². The van der Waals surface area contributed by atoms with Crippen molar-refractivity contribution in [2.24, 2.45) is 10.7 Å². The molecule has 2 rings (SSSR count). The molecule has 0 unspecified atom stereocenters. The first-order valence-corrected chi connectivity index (χ1v) is 8.73. The zero-order chi connectivity index (χ0) is 18.1. The number of ether oxygens (including phenoxy) is 2. The Morgan fingerprint density at radius 3 is 2.84 bits per heavy atom. The maximum Gasteiger partial charge on any atom is 0.387 e. The summed E-state index contributed by atoms with van der Waals surface area (Å²) in [7, 11) is 0. The maximum atomic E-state index is 12.7. The molecule has 136 valence electrons. The van der Waals surface area contributed by atoms with Gasteiger partial charge in [0.05, 0.1) is 13.2 Å². The largest absolute Gasteiger partial charge is 0.490 e. The predicted molar refractivity (Wildman–Crippen MR) is 95.6 cm³/mol.